The van der Waals surface area contributed by atoms with Gasteiger partial charge in [-0.1, -0.05) is 0 Å². The molecule has 0 aromatic carbocycles. The predicted molar refractivity (Wildman–Crippen MR) is 52.3 cm³/mol. The minimum absolute atomic E-state index is 0.633. The third kappa shape index (κ3) is 1.51. The number of nitrogens with zero attached hydrogens (tertiary/aromatic N) is 2. The lowest BCUT2D eigenvalue weighted by atomic mass is 10.1. The number of aromatic nitrogens is 2. The number of rotatable bonds is 2. The number of fused-ring (bicyclic) bond motifs is 1. The second-order valence-corrected chi connectivity index (χ2v) is 2.89. The highest BCUT2D eigenvalue weighted by Crippen LogP contribution is 2.14. The van der Waals surface area contributed by atoms with Gasteiger partial charge in [0.1, 0.15) is 0 Å². The van der Waals surface area contributed by atoms with E-state index in [0.717, 1.165) is 22.9 Å². The van der Waals surface area contributed by atoms with Crippen LogP contribution in [0.4, 0.5) is 0 Å². The molecular formula is C10H11N3. The molecule has 2 heterocycles. The molecule has 0 amide bonds. The van der Waals surface area contributed by atoms with Gasteiger partial charge in [-0.15, -0.1) is 0 Å². The average Bonchev–Trinajstić information content (AvgIpc) is 2.19. The lowest BCUT2D eigenvalue weighted by molar-refractivity contribution is 0.935. The fourth-order valence-electron chi connectivity index (χ4n) is 1.42. The Morgan fingerprint density at radius 3 is 3.00 bits per heavy atom. The summed E-state index contributed by atoms with van der Waals surface area (Å²) < 4.78 is 0. The Labute approximate surface area is 76.6 Å². The van der Waals surface area contributed by atoms with E-state index < -0.39 is 0 Å². The van der Waals surface area contributed by atoms with Crippen molar-refractivity contribution >= 4 is 10.8 Å². The van der Waals surface area contributed by atoms with Crippen molar-refractivity contribution in [3.05, 3.63) is 36.4 Å². The van der Waals surface area contributed by atoms with Crippen LogP contribution in [0.25, 0.3) is 10.8 Å². The molecule has 66 valence electrons. The standard InChI is InChI=1S/C10H11N3/c11-4-1-10-9-3-5-12-7-8(9)2-6-13-10/h2-3,5-7H,1,4,11H2. The van der Waals surface area contributed by atoms with Crippen molar-refractivity contribution in [2.24, 2.45) is 5.73 Å². The fourth-order valence-corrected chi connectivity index (χ4v) is 1.42. The van der Waals surface area contributed by atoms with E-state index >= 15 is 0 Å². The maximum Gasteiger partial charge on any atom is 0.0495 e. The Kier molecular flexibility index (Phi) is 2.19. The minimum Gasteiger partial charge on any atom is -0.330 e. The van der Waals surface area contributed by atoms with Crippen molar-refractivity contribution in [3.63, 3.8) is 0 Å². The summed E-state index contributed by atoms with van der Waals surface area (Å²) in [6.07, 6.45) is 6.25. The van der Waals surface area contributed by atoms with Crippen molar-refractivity contribution in [2.45, 2.75) is 6.42 Å². The normalized spacial score (nSPS) is 10.5. The molecule has 0 fully saturated rings. The first kappa shape index (κ1) is 8.13. The summed E-state index contributed by atoms with van der Waals surface area (Å²) in [6, 6.07) is 3.94. The van der Waals surface area contributed by atoms with E-state index in [1.54, 1.807) is 12.4 Å². The van der Waals surface area contributed by atoms with Crippen molar-refractivity contribution in [3.8, 4) is 0 Å². The highest BCUT2D eigenvalue weighted by atomic mass is 14.7. The molecule has 2 rings (SSSR count). The first-order chi connectivity index (χ1) is 6.42. The summed E-state index contributed by atoms with van der Waals surface area (Å²) in [5, 5.41) is 2.28. The Hall–Kier alpha value is -1.48. The Morgan fingerprint density at radius 2 is 2.15 bits per heavy atom. The van der Waals surface area contributed by atoms with Gasteiger partial charge in [0.15, 0.2) is 0 Å². The van der Waals surface area contributed by atoms with Crippen molar-refractivity contribution in [1.82, 2.24) is 9.97 Å². The first-order valence-electron chi connectivity index (χ1n) is 4.29. The molecule has 0 saturated carbocycles. The second-order valence-electron chi connectivity index (χ2n) is 2.89. The van der Waals surface area contributed by atoms with Crippen LogP contribution in [-0.2, 0) is 6.42 Å². The van der Waals surface area contributed by atoms with E-state index in [1.807, 2.05) is 18.3 Å². The highest BCUT2D eigenvalue weighted by molar-refractivity contribution is 5.83. The maximum absolute atomic E-state index is 5.50. The number of nitrogens with two attached hydrogens (primary N) is 1. The van der Waals surface area contributed by atoms with Crippen LogP contribution in [0.2, 0.25) is 0 Å². The van der Waals surface area contributed by atoms with Gasteiger partial charge in [0.05, 0.1) is 0 Å². The van der Waals surface area contributed by atoms with Gasteiger partial charge in [0, 0.05) is 41.5 Å². The Bertz CT molecular complexity index is 406. The largest absolute Gasteiger partial charge is 0.330 e. The summed E-state index contributed by atoms with van der Waals surface area (Å²) >= 11 is 0. The zero-order valence-corrected chi connectivity index (χ0v) is 7.27. The van der Waals surface area contributed by atoms with Gasteiger partial charge in [0.2, 0.25) is 0 Å². The molecule has 2 N–H and O–H groups in total. The van der Waals surface area contributed by atoms with Crippen LogP contribution in [0.3, 0.4) is 0 Å². The van der Waals surface area contributed by atoms with Crippen LogP contribution in [0.15, 0.2) is 30.7 Å². The zero-order chi connectivity index (χ0) is 9.10. The van der Waals surface area contributed by atoms with Crippen LogP contribution >= 0.6 is 0 Å². The average molecular weight is 173 g/mol. The molecule has 0 spiro atoms. The van der Waals surface area contributed by atoms with Gasteiger partial charge in [-0.25, -0.2) is 0 Å². The number of pyridine rings is 2. The number of hydrogen-bond donors (Lipinski definition) is 1. The molecule has 3 heteroatoms. The molecule has 2 aromatic rings. The van der Waals surface area contributed by atoms with Gasteiger partial charge in [-0.2, -0.15) is 0 Å². The van der Waals surface area contributed by atoms with Crippen LogP contribution in [-0.4, -0.2) is 16.5 Å². The van der Waals surface area contributed by atoms with Gasteiger partial charge in [0.25, 0.3) is 0 Å². The molecule has 2 aromatic heterocycles. The lowest BCUT2D eigenvalue weighted by Gasteiger charge is -2.02. The summed E-state index contributed by atoms with van der Waals surface area (Å²) in [4.78, 5) is 8.34. The number of hydrogen-bond acceptors (Lipinski definition) is 3. The van der Waals surface area contributed by atoms with E-state index in [0.29, 0.717) is 6.54 Å². The summed E-state index contributed by atoms with van der Waals surface area (Å²) in [5.74, 6) is 0. The van der Waals surface area contributed by atoms with Gasteiger partial charge in [-0.05, 0) is 18.7 Å². The van der Waals surface area contributed by atoms with E-state index in [2.05, 4.69) is 9.97 Å². The maximum atomic E-state index is 5.50. The van der Waals surface area contributed by atoms with Crippen LogP contribution in [0, 0.1) is 0 Å². The molecule has 0 saturated heterocycles. The van der Waals surface area contributed by atoms with Crippen LogP contribution < -0.4 is 5.73 Å². The third-order valence-electron chi connectivity index (χ3n) is 2.03. The quantitative estimate of drug-likeness (QED) is 0.740. The lowest BCUT2D eigenvalue weighted by Crippen LogP contribution is -2.04. The SMILES string of the molecule is NCCc1nccc2cnccc12. The topological polar surface area (TPSA) is 51.8 Å². The predicted octanol–water partition coefficient (Wildman–Crippen LogP) is 1.13. The van der Waals surface area contributed by atoms with Crippen molar-refractivity contribution in [1.29, 1.82) is 0 Å². The Morgan fingerprint density at radius 1 is 1.23 bits per heavy atom. The Balaban J connectivity index is 2.61. The van der Waals surface area contributed by atoms with Crippen molar-refractivity contribution in [2.75, 3.05) is 6.54 Å². The van der Waals surface area contributed by atoms with E-state index in [9.17, 15) is 0 Å². The third-order valence-corrected chi connectivity index (χ3v) is 2.03. The van der Waals surface area contributed by atoms with Crippen LogP contribution in [0.5, 0.6) is 0 Å². The van der Waals surface area contributed by atoms with Gasteiger partial charge < -0.3 is 5.73 Å². The molecule has 0 unspecified atom stereocenters. The van der Waals surface area contributed by atoms with Gasteiger partial charge in [-0.3, -0.25) is 9.97 Å². The molecule has 0 bridgehead atoms. The fraction of sp³-hybridized carbons (Fsp3) is 0.200. The highest BCUT2D eigenvalue weighted by Gasteiger charge is 1.99. The molecule has 3 nitrogen and oxygen atoms in total. The van der Waals surface area contributed by atoms with E-state index in [1.165, 1.54) is 0 Å². The van der Waals surface area contributed by atoms with E-state index in [4.69, 9.17) is 5.73 Å². The second kappa shape index (κ2) is 3.49. The molecule has 13 heavy (non-hydrogen) atoms. The van der Waals surface area contributed by atoms with Gasteiger partial charge >= 0.3 is 0 Å². The molecular weight excluding hydrogens is 162 g/mol. The summed E-state index contributed by atoms with van der Waals surface area (Å²) in [7, 11) is 0. The van der Waals surface area contributed by atoms with Crippen LogP contribution in [0.1, 0.15) is 5.69 Å². The first-order valence-corrected chi connectivity index (χ1v) is 4.29. The summed E-state index contributed by atoms with van der Waals surface area (Å²) in [6.45, 7) is 0.633. The zero-order valence-electron chi connectivity index (χ0n) is 7.27. The summed E-state index contributed by atoms with van der Waals surface area (Å²) in [5.41, 5.74) is 6.55. The molecule has 0 aliphatic heterocycles. The van der Waals surface area contributed by atoms with E-state index in [-0.39, 0.29) is 0 Å². The molecule has 0 radical (unpaired) electrons. The smallest absolute Gasteiger partial charge is 0.0495 e. The molecule has 0 atom stereocenters. The minimum atomic E-state index is 0.633. The molecule has 0 aliphatic rings. The van der Waals surface area contributed by atoms with Crippen molar-refractivity contribution < 1.29 is 0 Å². The molecule has 0 aliphatic carbocycles. The monoisotopic (exact) mass is 173 g/mol.